The van der Waals surface area contributed by atoms with Gasteiger partial charge in [0.2, 0.25) is 11.8 Å². The third-order valence-electron chi connectivity index (χ3n) is 3.87. The molecule has 1 atom stereocenters. The van der Waals surface area contributed by atoms with Gasteiger partial charge in [-0.15, -0.1) is 0 Å². The Morgan fingerprint density at radius 3 is 2.79 bits per heavy atom. The van der Waals surface area contributed by atoms with Gasteiger partial charge in [-0.05, 0) is 30.7 Å². The molecule has 1 fully saturated rings. The molecule has 2 aromatic rings. The third kappa shape index (κ3) is 3.49. The Balaban J connectivity index is 1.64. The van der Waals surface area contributed by atoms with Gasteiger partial charge in [0, 0.05) is 29.5 Å². The first-order valence-corrected chi connectivity index (χ1v) is 7.94. The highest BCUT2D eigenvalue weighted by Crippen LogP contribution is 2.24. The average molecular weight is 346 g/mol. The van der Waals surface area contributed by atoms with Gasteiger partial charge in [0.1, 0.15) is 12.6 Å². The predicted molar refractivity (Wildman–Crippen MR) is 91.1 cm³/mol. The Kier molecular flexibility index (Phi) is 4.66. The lowest BCUT2D eigenvalue weighted by molar-refractivity contribution is -0.126. The number of rotatable bonds is 4. The first kappa shape index (κ1) is 16.3. The van der Waals surface area contributed by atoms with E-state index in [4.69, 9.17) is 11.6 Å². The van der Waals surface area contributed by atoms with E-state index in [9.17, 15) is 14.4 Å². The topological polar surface area (TPSA) is 71.4 Å². The molecule has 0 bridgehead atoms. The third-order valence-corrected chi connectivity index (χ3v) is 4.11. The predicted octanol–water partition coefficient (Wildman–Crippen LogP) is 1.42. The Labute approximate surface area is 143 Å². The van der Waals surface area contributed by atoms with Crippen molar-refractivity contribution < 1.29 is 9.59 Å². The minimum atomic E-state index is -0.587. The van der Waals surface area contributed by atoms with Gasteiger partial charge in [-0.2, -0.15) is 0 Å². The molecule has 1 N–H and O–H groups in total. The van der Waals surface area contributed by atoms with Gasteiger partial charge in [0.05, 0.1) is 0 Å². The highest BCUT2D eigenvalue weighted by molar-refractivity contribution is 6.31. The minimum Gasteiger partial charge on any atom is -0.343 e. The number of nitrogens with one attached hydrogen (secondary N) is 1. The summed E-state index contributed by atoms with van der Waals surface area (Å²) in [5.74, 6) is -0.541. The number of hydrogen-bond donors (Lipinski definition) is 1. The molecule has 1 aliphatic rings. The van der Waals surface area contributed by atoms with E-state index in [1.54, 1.807) is 41.3 Å². The zero-order chi connectivity index (χ0) is 17.1. The summed E-state index contributed by atoms with van der Waals surface area (Å²) in [6.45, 7) is 0.399. The number of nitrogens with zero attached hydrogens (tertiary/aromatic N) is 2. The van der Waals surface area contributed by atoms with Crippen molar-refractivity contribution >= 4 is 29.1 Å². The molecule has 124 valence electrons. The molecule has 1 aromatic carbocycles. The highest BCUT2D eigenvalue weighted by Gasteiger charge is 2.33. The quantitative estimate of drug-likeness (QED) is 0.911. The maximum absolute atomic E-state index is 12.5. The number of carbonyl (C=O) groups excluding carboxylic acids is 2. The van der Waals surface area contributed by atoms with E-state index < -0.39 is 6.04 Å². The van der Waals surface area contributed by atoms with Crippen LogP contribution in [0.2, 0.25) is 5.02 Å². The van der Waals surface area contributed by atoms with Crippen molar-refractivity contribution in [2.24, 2.45) is 0 Å². The van der Waals surface area contributed by atoms with E-state index in [0.717, 1.165) is 0 Å². The van der Waals surface area contributed by atoms with Crippen molar-refractivity contribution in [2.75, 3.05) is 11.4 Å². The zero-order valence-corrected chi connectivity index (χ0v) is 13.6. The fourth-order valence-corrected chi connectivity index (χ4v) is 2.88. The standard InChI is InChI=1S/C17H16ClN3O3/c18-12-4-3-5-13(10-12)21-9-7-14(17(21)24)19-15(22)11-20-8-2-1-6-16(20)23/h1-6,8,10,14H,7,9,11H2,(H,19,22)/t14-/m1/s1. The van der Waals surface area contributed by atoms with E-state index in [-0.39, 0.29) is 23.9 Å². The van der Waals surface area contributed by atoms with Gasteiger partial charge in [0.15, 0.2) is 0 Å². The molecule has 0 radical (unpaired) electrons. The number of hydrogen-bond acceptors (Lipinski definition) is 3. The van der Waals surface area contributed by atoms with Crippen LogP contribution in [0.3, 0.4) is 0 Å². The Morgan fingerprint density at radius 2 is 2.04 bits per heavy atom. The van der Waals surface area contributed by atoms with Crippen LogP contribution >= 0.6 is 11.6 Å². The number of amides is 2. The summed E-state index contributed by atoms with van der Waals surface area (Å²) in [5, 5.41) is 3.25. The van der Waals surface area contributed by atoms with Crippen molar-refractivity contribution in [1.82, 2.24) is 9.88 Å². The van der Waals surface area contributed by atoms with E-state index in [0.29, 0.717) is 23.7 Å². The minimum absolute atomic E-state index is 0.110. The number of aromatic nitrogens is 1. The smallest absolute Gasteiger partial charge is 0.250 e. The number of carbonyl (C=O) groups is 2. The average Bonchev–Trinajstić information content (AvgIpc) is 2.90. The molecule has 0 spiro atoms. The first-order valence-electron chi connectivity index (χ1n) is 7.56. The van der Waals surface area contributed by atoms with Crippen molar-refractivity contribution in [3.63, 3.8) is 0 Å². The molecule has 1 aromatic heterocycles. The van der Waals surface area contributed by atoms with Crippen molar-refractivity contribution in [2.45, 2.75) is 19.0 Å². The van der Waals surface area contributed by atoms with Crippen LogP contribution in [0.15, 0.2) is 53.5 Å². The Morgan fingerprint density at radius 1 is 1.21 bits per heavy atom. The summed E-state index contributed by atoms with van der Waals surface area (Å²) in [4.78, 5) is 37.8. The van der Waals surface area contributed by atoms with Crippen LogP contribution in [0.4, 0.5) is 5.69 Å². The molecule has 3 rings (SSSR count). The lowest BCUT2D eigenvalue weighted by Crippen LogP contribution is -2.43. The van der Waals surface area contributed by atoms with Crippen LogP contribution in [-0.2, 0) is 16.1 Å². The highest BCUT2D eigenvalue weighted by atomic mass is 35.5. The fraction of sp³-hybridized carbons (Fsp3) is 0.235. The van der Waals surface area contributed by atoms with Crippen LogP contribution in [0, 0.1) is 0 Å². The molecule has 2 heterocycles. The van der Waals surface area contributed by atoms with E-state index in [1.165, 1.54) is 16.8 Å². The molecule has 0 aliphatic carbocycles. The van der Waals surface area contributed by atoms with Crippen molar-refractivity contribution in [3.8, 4) is 0 Å². The molecule has 7 heteroatoms. The summed E-state index contributed by atoms with van der Waals surface area (Å²) < 4.78 is 1.30. The molecule has 24 heavy (non-hydrogen) atoms. The maximum atomic E-state index is 12.5. The summed E-state index contributed by atoms with van der Waals surface area (Å²) in [6.07, 6.45) is 2.05. The van der Waals surface area contributed by atoms with Crippen LogP contribution in [0.25, 0.3) is 0 Å². The van der Waals surface area contributed by atoms with Crippen molar-refractivity contribution in [3.05, 3.63) is 64.0 Å². The van der Waals surface area contributed by atoms with Gasteiger partial charge in [-0.3, -0.25) is 14.4 Å². The first-order chi connectivity index (χ1) is 11.5. The molecule has 1 aliphatic heterocycles. The second-order valence-electron chi connectivity index (χ2n) is 5.55. The molecular formula is C17H16ClN3O3. The number of halogens is 1. The van der Waals surface area contributed by atoms with E-state index in [1.807, 2.05) is 0 Å². The summed E-state index contributed by atoms with van der Waals surface area (Å²) in [6, 6.07) is 11.1. The van der Waals surface area contributed by atoms with Crippen LogP contribution in [0.1, 0.15) is 6.42 Å². The van der Waals surface area contributed by atoms with Gasteiger partial charge in [-0.1, -0.05) is 23.7 Å². The maximum Gasteiger partial charge on any atom is 0.250 e. The Bertz CT molecular complexity index is 834. The van der Waals surface area contributed by atoms with Crippen LogP contribution < -0.4 is 15.8 Å². The van der Waals surface area contributed by atoms with E-state index in [2.05, 4.69) is 5.32 Å². The van der Waals surface area contributed by atoms with Gasteiger partial charge < -0.3 is 14.8 Å². The molecule has 0 saturated carbocycles. The zero-order valence-electron chi connectivity index (χ0n) is 12.8. The van der Waals surface area contributed by atoms with Crippen LogP contribution in [-0.4, -0.2) is 29.0 Å². The van der Waals surface area contributed by atoms with Gasteiger partial charge >= 0.3 is 0 Å². The van der Waals surface area contributed by atoms with Gasteiger partial charge in [-0.25, -0.2) is 0 Å². The SMILES string of the molecule is O=C(Cn1ccccc1=O)N[C@@H]1CCN(c2cccc(Cl)c2)C1=O. The largest absolute Gasteiger partial charge is 0.343 e. The fourth-order valence-electron chi connectivity index (χ4n) is 2.70. The summed E-state index contributed by atoms with van der Waals surface area (Å²) >= 11 is 5.96. The van der Waals surface area contributed by atoms with Gasteiger partial charge in [0.25, 0.3) is 5.56 Å². The molecule has 0 unspecified atom stereocenters. The lowest BCUT2D eigenvalue weighted by atomic mass is 10.2. The number of pyridine rings is 1. The monoisotopic (exact) mass is 345 g/mol. The second kappa shape index (κ2) is 6.88. The lowest BCUT2D eigenvalue weighted by Gasteiger charge is -2.17. The number of anilines is 1. The summed E-state index contributed by atoms with van der Waals surface area (Å²) in [5.41, 5.74) is 0.453. The normalized spacial score (nSPS) is 17.1. The van der Waals surface area contributed by atoms with Crippen molar-refractivity contribution in [1.29, 1.82) is 0 Å². The Hall–Kier alpha value is -2.60. The molecule has 2 amide bonds. The molecular weight excluding hydrogens is 330 g/mol. The number of benzene rings is 1. The van der Waals surface area contributed by atoms with Crippen LogP contribution in [0.5, 0.6) is 0 Å². The second-order valence-corrected chi connectivity index (χ2v) is 5.98. The summed E-state index contributed by atoms with van der Waals surface area (Å²) in [7, 11) is 0. The molecule has 1 saturated heterocycles. The molecule has 6 nitrogen and oxygen atoms in total. The van der Waals surface area contributed by atoms with E-state index >= 15 is 0 Å².